The van der Waals surface area contributed by atoms with Crippen LogP contribution < -0.4 is 10.5 Å². The van der Waals surface area contributed by atoms with E-state index in [2.05, 4.69) is 14.5 Å². The highest BCUT2D eigenvalue weighted by Crippen LogP contribution is 2.33. The van der Waals surface area contributed by atoms with Crippen molar-refractivity contribution in [2.24, 2.45) is 0 Å². The summed E-state index contributed by atoms with van der Waals surface area (Å²) in [7, 11) is 0. The van der Waals surface area contributed by atoms with E-state index in [1.165, 1.54) is 0 Å². The summed E-state index contributed by atoms with van der Waals surface area (Å²) < 4.78 is 45.3. The molecule has 0 amide bonds. The maximum atomic E-state index is 12.1. The Balaban J connectivity index is 3.04. The zero-order chi connectivity index (χ0) is 14.6. The zero-order valence-electron chi connectivity index (χ0n) is 9.75. The molecule has 0 aromatic carbocycles. The van der Waals surface area contributed by atoms with Crippen LogP contribution in [0.1, 0.15) is 17.3 Å². The number of nitrogen functional groups attached to an aromatic ring is 1. The van der Waals surface area contributed by atoms with Crippen LogP contribution >= 0.6 is 11.6 Å². The minimum atomic E-state index is -4.56. The van der Waals surface area contributed by atoms with Crippen molar-refractivity contribution in [3.05, 3.63) is 16.9 Å². The molecule has 1 aromatic heterocycles. The second-order valence-corrected chi connectivity index (χ2v) is 3.69. The molecule has 0 saturated heterocycles. The lowest BCUT2D eigenvalue weighted by molar-refractivity contribution is -0.153. The van der Waals surface area contributed by atoms with E-state index >= 15 is 0 Å². The molecule has 0 saturated carbocycles. The van der Waals surface area contributed by atoms with Gasteiger partial charge in [-0.1, -0.05) is 11.6 Å². The van der Waals surface area contributed by atoms with Crippen molar-refractivity contribution in [1.82, 2.24) is 4.98 Å². The first-order chi connectivity index (χ1) is 8.76. The van der Waals surface area contributed by atoms with Gasteiger partial charge in [-0.25, -0.2) is 9.78 Å². The summed E-state index contributed by atoms with van der Waals surface area (Å²) in [6, 6.07) is 0. The molecule has 0 aliphatic carbocycles. The molecule has 0 atom stereocenters. The molecule has 1 heterocycles. The van der Waals surface area contributed by atoms with Crippen LogP contribution in [0.25, 0.3) is 0 Å². The van der Waals surface area contributed by atoms with Crippen LogP contribution in [-0.2, 0) is 4.74 Å². The van der Waals surface area contributed by atoms with Crippen molar-refractivity contribution in [2.75, 3.05) is 18.9 Å². The number of carbonyl (C=O) groups is 1. The molecular formula is C10H10ClF3N2O3. The minimum Gasteiger partial charge on any atom is -0.479 e. The summed E-state index contributed by atoms with van der Waals surface area (Å²) in [5.41, 5.74) is 4.98. The molecule has 0 fully saturated rings. The average molecular weight is 299 g/mol. The predicted molar refractivity (Wildman–Crippen MR) is 61.2 cm³/mol. The summed E-state index contributed by atoms with van der Waals surface area (Å²) in [6.45, 7) is 0.0586. The molecule has 19 heavy (non-hydrogen) atoms. The van der Waals surface area contributed by atoms with Gasteiger partial charge >= 0.3 is 12.1 Å². The summed E-state index contributed by atoms with van der Waals surface area (Å²) in [5, 5.41) is -0.366. The molecule has 0 unspecified atom stereocenters. The molecule has 5 nitrogen and oxygen atoms in total. The molecule has 106 valence electrons. The Morgan fingerprint density at radius 2 is 2.16 bits per heavy atom. The van der Waals surface area contributed by atoms with Gasteiger partial charge in [0.2, 0.25) is 0 Å². The molecule has 9 heteroatoms. The highest BCUT2D eigenvalue weighted by atomic mass is 35.5. The van der Waals surface area contributed by atoms with E-state index in [4.69, 9.17) is 17.3 Å². The smallest absolute Gasteiger partial charge is 0.422 e. The van der Waals surface area contributed by atoms with Gasteiger partial charge in [0.25, 0.3) is 0 Å². The Bertz CT molecular complexity index is 480. The van der Waals surface area contributed by atoms with Gasteiger partial charge in [0, 0.05) is 6.20 Å². The van der Waals surface area contributed by atoms with E-state index in [1.807, 2.05) is 0 Å². The Hall–Kier alpha value is -1.70. The zero-order valence-corrected chi connectivity index (χ0v) is 10.5. The number of rotatable bonds is 4. The van der Waals surface area contributed by atoms with Gasteiger partial charge in [0.1, 0.15) is 5.56 Å². The SMILES string of the molecule is CCOC(=O)c1cnc(Cl)c(OCC(F)(F)F)c1N. The maximum absolute atomic E-state index is 12.1. The normalized spacial score (nSPS) is 11.2. The average Bonchev–Trinajstić information content (AvgIpc) is 2.27. The van der Waals surface area contributed by atoms with E-state index < -0.39 is 24.5 Å². The Morgan fingerprint density at radius 1 is 1.53 bits per heavy atom. The van der Waals surface area contributed by atoms with E-state index in [0.717, 1.165) is 6.20 Å². The first-order valence-electron chi connectivity index (χ1n) is 5.07. The number of hydrogen-bond acceptors (Lipinski definition) is 5. The molecule has 1 rings (SSSR count). The molecular weight excluding hydrogens is 289 g/mol. The van der Waals surface area contributed by atoms with Gasteiger partial charge in [-0.15, -0.1) is 0 Å². The fourth-order valence-corrected chi connectivity index (χ4v) is 1.35. The summed E-state index contributed by atoms with van der Waals surface area (Å²) in [5.74, 6) is -1.31. The number of aromatic nitrogens is 1. The maximum Gasteiger partial charge on any atom is 0.422 e. The lowest BCUT2D eigenvalue weighted by atomic mass is 10.2. The number of nitrogens with zero attached hydrogens (tertiary/aromatic N) is 1. The standard InChI is InChI=1S/C10H10ClF3N2O3/c1-2-18-9(17)5-3-16-8(11)7(6(5)15)19-4-10(12,13)14/h3H,2,4H2,1H3,(H2,15,16). The number of carbonyl (C=O) groups excluding carboxylic acids is 1. The summed E-state index contributed by atoms with van der Waals surface area (Å²) in [6.07, 6.45) is -3.55. The van der Waals surface area contributed by atoms with Crippen LogP contribution in [-0.4, -0.2) is 30.3 Å². The molecule has 0 spiro atoms. The van der Waals surface area contributed by atoms with E-state index in [9.17, 15) is 18.0 Å². The van der Waals surface area contributed by atoms with Crippen LogP contribution in [0.3, 0.4) is 0 Å². The van der Waals surface area contributed by atoms with E-state index in [-0.39, 0.29) is 23.0 Å². The van der Waals surface area contributed by atoms with Gasteiger partial charge in [-0.3, -0.25) is 0 Å². The number of halogens is 4. The number of hydrogen-bond donors (Lipinski definition) is 1. The quantitative estimate of drug-likeness (QED) is 0.682. The third kappa shape index (κ3) is 4.16. The first kappa shape index (κ1) is 15.4. The van der Waals surface area contributed by atoms with Crippen molar-refractivity contribution in [1.29, 1.82) is 0 Å². The van der Waals surface area contributed by atoms with Crippen molar-refractivity contribution in [3.63, 3.8) is 0 Å². The van der Waals surface area contributed by atoms with Gasteiger partial charge in [-0.05, 0) is 6.92 Å². The van der Waals surface area contributed by atoms with Crippen molar-refractivity contribution in [3.8, 4) is 5.75 Å². The van der Waals surface area contributed by atoms with Crippen LogP contribution in [0.4, 0.5) is 18.9 Å². The number of anilines is 1. The Labute approximate surface area is 111 Å². The summed E-state index contributed by atoms with van der Waals surface area (Å²) >= 11 is 5.58. The van der Waals surface area contributed by atoms with Crippen molar-refractivity contribution >= 4 is 23.3 Å². The number of ether oxygens (including phenoxy) is 2. The number of pyridine rings is 1. The van der Waals surface area contributed by atoms with Crippen LogP contribution in [0.2, 0.25) is 5.15 Å². The fraction of sp³-hybridized carbons (Fsp3) is 0.400. The molecule has 2 N–H and O–H groups in total. The van der Waals surface area contributed by atoms with Gasteiger partial charge in [0.05, 0.1) is 12.3 Å². The molecule has 0 bridgehead atoms. The minimum absolute atomic E-state index is 0.0830. The number of nitrogens with two attached hydrogens (primary N) is 1. The number of alkyl halides is 3. The van der Waals surface area contributed by atoms with Gasteiger partial charge < -0.3 is 15.2 Å². The predicted octanol–water partition coefficient (Wildman–Crippen LogP) is 2.43. The van der Waals surface area contributed by atoms with Crippen molar-refractivity contribution < 1.29 is 27.4 Å². The van der Waals surface area contributed by atoms with Crippen LogP contribution in [0, 0.1) is 0 Å². The third-order valence-corrected chi connectivity index (χ3v) is 2.17. The van der Waals surface area contributed by atoms with E-state index in [0.29, 0.717) is 0 Å². The Kier molecular flexibility index (Phi) is 4.82. The van der Waals surface area contributed by atoms with E-state index in [1.54, 1.807) is 6.92 Å². The van der Waals surface area contributed by atoms with Crippen molar-refractivity contribution in [2.45, 2.75) is 13.1 Å². The summed E-state index contributed by atoms with van der Waals surface area (Å²) in [4.78, 5) is 15.0. The van der Waals surface area contributed by atoms with Gasteiger partial charge in [-0.2, -0.15) is 13.2 Å². The molecule has 0 aliphatic heterocycles. The monoisotopic (exact) mass is 298 g/mol. The highest BCUT2D eigenvalue weighted by Gasteiger charge is 2.30. The molecule has 1 aromatic rings. The largest absolute Gasteiger partial charge is 0.479 e. The lowest BCUT2D eigenvalue weighted by Gasteiger charge is -2.13. The topological polar surface area (TPSA) is 74.4 Å². The fourth-order valence-electron chi connectivity index (χ4n) is 1.15. The second-order valence-electron chi connectivity index (χ2n) is 3.33. The van der Waals surface area contributed by atoms with Gasteiger partial charge in [0.15, 0.2) is 17.5 Å². The second kappa shape index (κ2) is 5.96. The lowest BCUT2D eigenvalue weighted by Crippen LogP contribution is -2.20. The van der Waals surface area contributed by atoms with Crippen LogP contribution in [0.5, 0.6) is 5.75 Å². The highest BCUT2D eigenvalue weighted by molar-refractivity contribution is 6.31. The molecule has 0 aliphatic rings. The third-order valence-electron chi connectivity index (χ3n) is 1.90. The number of esters is 1. The van der Waals surface area contributed by atoms with Crippen LogP contribution in [0.15, 0.2) is 6.20 Å². The first-order valence-corrected chi connectivity index (χ1v) is 5.44. The Morgan fingerprint density at radius 3 is 2.68 bits per heavy atom. The molecule has 0 radical (unpaired) electrons.